The molecular weight excluding hydrogens is 244 g/mol. The van der Waals surface area contributed by atoms with E-state index >= 15 is 0 Å². The van der Waals surface area contributed by atoms with Crippen LogP contribution in [-0.2, 0) is 9.59 Å². The van der Waals surface area contributed by atoms with E-state index in [2.05, 4.69) is 15.8 Å². The molecule has 6 nitrogen and oxygen atoms in total. The zero-order valence-electron chi connectivity index (χ0n) is 11.1. The zero-order chi connectivity index (χ0) is 13.3. The van der Waals surface area contributed by atoms with Crippen molar-refractivity contribution in [3.8, 4) is 0 Å². The minimum atomic E-state index is -0.186. The molecule has 0 aromatic heterocycles. The summed E-state index contributed by atoms with van der Waals surface area (Å²) in [6.07, 6.45) is 4.73. The Morgan fingerprint density at radius 3 is 2.84 bits per heavy atom. The predicted molar refractivity (Wildman–Crippen MR) is 70.5 cm³/mol. The van der Waals surface area contributed by atoms with E-state index in [9.17, 15) is 9.59 Å². The average Bonchev–Trinajstić information content (AvgIpc) is 2.85. The molecule has 0 aliphatic carbocycles. The Labute approximate surface area is 112 Å². The predicted octanol–water partition coefficient (Wildman–Crippen LogP) is -0.145. The Kier molecular flexibility index (Phi) is 3.26. The van der Waals surface area contributed by atoms with Crippen LogP contribution in [-0.4, -0.2) is 48.6 Å². The molecule has 0 bridgehead atoms. The maximum absolute atomic E-state index is 12.4. The van der Waals surface area contributed by atoms with E-state index in [0.717, 1.165) is 32.6 Å². The molecule has 2 saturated heterocycles. The topological polar surface area (TPSA) is 73.8 Å². The first kappa shape index (κ1) is 12.6. The van der Waals surface area contributed by atoms with Gasteiger partial charge in [-0.15, -0.1) is 0 Å². The first-order valence-electron chi connectivity index (χ1n) is 7.04. The highest BCUT2D eigenvalue weighted by atomic mass is 16.2. The van der Waals surface area contributed by atoms with E-state index in [1.165, 1.54) is 19.3 Å². The summed E-state index contributed by atoms with van der Waals surface area (Å²) in [7, 11) is 0. The van der Waals surface area contributed by atoms with Gasteiger partial charge in [-0.2, -0.15) is 5.10 Å². The fourth-order valence-corrected chi connectivity index (χ4v) is 3.43. The second-order valence-corrected chi connectivity index (χ2v) is 5.88. The third kappa shape index (κ3) is 2.49. The van der Waals surface area contributed by atoms with E-state index < -0.39 is 0 Å². The Morgan fingerprint density at radius 2 is 2.16 bits per heavy atom. The number of hydrazone groups is 1. The van der Waals surface area contributed by atoms with Crippen LogP contribution < -0.4 is 10.7 Å². The van der Waals surface area contributed by atoms with Crippen LogP contribution in [0.4, 0.5) is 0 Å². The number of nitrogens with zero attached hydrogens (tertiary/aromatic N) is 2. The standard InChI is InChI=1S/C13H20N4O2/c18-11-7-10(15-16-11)12(19)17-6-2-4-13(9-17)3-1-5-14-8-13/h14H,1-9H2,(H,16,18). The molecule has 2 fully saturated rings. The molecule has 0 radical (unpaired) electrons. The van der Waals surface area contributed by atoms with Crippen LogP contribution >= 0.6 is 0 Å². The van der Waals surface area contributed by atoms with Gasteiger partial charge >= 0.3 is 0 Å². The van der Waals surface area contributed by atoms with Gasteiger partial charge in [0, 0.05) is 25.0 Å². The molecule has 104 valence electrons. The highest BCUT2D eigenvalue weighted by Crippen LogP contribution is 2.36. The molecule has 3 aliphatic rings. The number of nitrogens with one attached hydrogen (secondary N) is 2. The molecule has 3 heterocycles. The van der Waals surface area contributed by atoms with Crippen LogP contribution in [0.25, 0.3) is 0 Å². The SMILES string of the molecule is O=C1CC(C(=O)N2CCCC3(CCCNC3)C2)=NN1. The lowest BCUT2D eigenvalue weighted by atomic mass is 9.74. The number of carbonyl (C=O) groups excluding carboxylic acids is 2. The summed E-state index contributed by atoms with van der Waals surface area (Å²) in [6, 6.07) is 0. The Bertz CT molecular complexity index is 421. The summed E-state index contributed by atoms with van der Waals surface area (Å²) in [5.74, 6) is -0.252. The summed E-state index contributed by atoms with van der Waals surface area (Å²) in [5, 5.41) is 7.28. The third-order valence-electron chi connectivity index (χ3n) is 4.40. The number of carbonyl (C=O) groups is 2. The maximum Gasteiger partial charge on any atom is 0.270 e. The highest BCUT2D eigenvalue weighted by Gasteiger charge is 2.39. The van der Waals surface area contributed by atoms with Gasteiger partial charge in [0.05, 0.1) is 6.42 Å². The molecule has 19 heavy (non-hydrogen) atoms. The Morgan fingerprint density at radius 1 is 1.32 bits per heavy atom. The molecule has 1 unspecified atom stereocenters. The quantitative estimate of drug-likeness (QED) is 0.692. The summed E-state index contributed by atoms with van der Waals surface area (Å²) in [6.45, 7) is 3.67. The Balaban J connectivity index is 1.68. The van der Waals surface area contributed by atoms with Gasteiger partial charge in [-0.25, -0.2) is 5.43 Å². The molecule has 1 spiro atoms. The number of hydrogen-bond acceptors (Lipinski definition) is 4. The molecular formula is C13H20N4O2. The second kappa shape index (κ2) is 4.92. The van der Waals surface area contributed by atoms with E-state index in [-0.39, 0.29) is 23.7 Å². The first-order valence-corrected chi connectivity index (χ1v) is 7.04. The van der Waals surface area contributed by atoms with Crippen molar-refractivity contribution in [2.24, 2.45) is 10.5 Å². The van der Waals surface area contributed by atoms with E-state index in [4.69, 9.17) is 0 Å². The van der Waals surface area contributed by atoms with E-state index in [1.807, 2.05) is 4.90 Å². The summed E-state index contributed by atoms with van der Waals surface area (Å²) in [4.78, 5) is 25.4. The largest absolute Gasteiger partial charge is 0.337 e. The van der Waals surface area contributed by atoms with Gasteiger partial charge in [0.1, 0.15) is 5.71 Å². The van der Waals surface area contributed by atoms with Crippen LogP contribution in [0.5, 0.6) is 0 Å². The van der Waals surface area contributed by atoms with Gasteiger partial charge in [-0.05, 0) is 32.2 Å². The number of piperidine rings is 2. The van der Waals surface area contributed by atoms with Crippen molar-refractivity contribution < 1.29 is 9.59 Å². The lowest BCUT2D eigenvalue weighted by Gasteiger charge is -2.45. The van der Waals surface area contributed by atoms with Crippen molar-refractivity contribution in [3.63, 3.8) is 0 Å². The molecule has 3 rings (SSSR count). The van der Waals surface area contributed by atoms with Gasteiger partial charge in [0.2, 0.25) is 5.91 Å². The van der Waals surface area contributed by atoms with Crippen molar-refractivity contribution in [2.75, 3.05) is 26.2 Å². The summed E-state index contributed by atoms with van der Waals surface area (Å²) < 4.78 is 0. The van der Waals surface area contributed by atoms with E-state index in [0.29, 0.717) is 5.71 Å². The van der Waals surface area contributed by atoms with Gasteiger partial charge in [0.15, 0.2) is 0 Å². The molecule has 2 N–H and O–H groups in total. The highest BCUT2D eigenvalue weighted by molar-refractivity contribution is 6.43. The van der Waals surface area contributed by atoms with Crippen molar-refractivity contribution in [1.29, 1.82) is 0 Å². The van der Waals surface area contributed by atoms with Crippen molar-refractivity contribution in [2.45, 2.75) is 32.1 Å². The fourth-order valence-electron chi connectivity index (χ4n) is 3.43. The van der Waals surface area contributed by atoms with Gasteiger partial charge in [0.25, 0.3) is 5.91 Å². The van der Waals surface area contributed by atoms with Crippen molar-refractivity contribution in [3.05, 3.63) is 0 Å². The van der Waals surface area contributed by atoms with Crippen LogP contribution in [0.15, 0.2) is 5.10 Å². The number of hydrogen-bond donors (Lipinski definition) is 2. The van der Waals surface area contributed by atoms with Crippen molar-refractivity contribution >= 4 is 17.5 Å². The third-order valence-corrected chi connectivity index (χ3v) is 4.40. The molecule has 6 heteroatoms. The molecule has 3 aliphatic heterocycles. The summed E-state index contributed by atoms with van der Waals surface area (Å²) >= 11 is 0. The Hall–Kier alpha value is -1.43. The van der Waals surface area contributed by atoms with Crippen LogP contribution in [0.2, 0.25) is 0 Å². The minimum absolute atomic E-state index is 0.0667. The van der Waals surface area contributed by atoms with Crippen LogP contribution in [0.1, 0.15) is 32.1 Å². The maximum atomic E-state index is 12.4. The lowest BCUT2D eigenvalue weighted by molar-refractivity contribution is -0.128. The van der Waals surface area contributed by atoms with Crippen molar-refractivity contribution in [1.82, 2.24) is 15.6 Å². The zero-order valence-corrected chi connectivity index (χ0v) is 11.1. The molecule has 0 saturated carbocycles. The number of likely N-dealkylation sites (tertiary alicyclic amines) is 1. The fraction of sp³-hybridized carbons (Fsp3) is 0.769. The van der Waals surface area contributed by atoms with Gasteiger partial charge in [-0.3, -0.25) is 9.59 Å². The average molecular weight is 264 g/mol. The number of amides is 2. The van der Waals surface area contributed by atoms with Gasteiger partial charge < -0.3 is 10.2 Å². The molecule has 0 aromatic rings. The smallest absolute Gasteiger partial charge is 0.270 e. The van der Waals surface area contributed by atoms with Crippen LogP contribution in [0, 0.1) is 5.41 Å². The molecule has 0 aromatic carbocycles. The minimum Gasteiger partial charge on any atom is -0.337 e. The molecule has 1 atom stereocenters. The van der Waals surface area contributed by atoms with Gasteiger partial charge in [-0.1, -0.05) is 0 Å². The summed E-state index contributed by atoms with van der Waals surface area (Å²) in [5.41, 5.74) is 2.96. The van der Waals surface area contributed by atoms with E-state index in [1.54, 1.807) is 0 Å². The first-order chi connectivity index (χ1) is 9.19. The molecule has 2 amide bonds. The number of rotatable bonds is 1. The second-order valence-electron chi connectivity index (χ2n) is 5.88. The van der Waals surface area contributed by atoms with Crippen LogP contribution in [0.3, 0.4) is 0 Å². The monoisotopic (exact) mass is 264 g/mol. The lowest BCUT2D eigenvalue weighted by Crippen LogP contribution is -2.53. The normalized spacial score (nSPS) is 31.3.